The van der Waals surface area contributed by atoms with Crippen molar-refractivity contribution < 1.29 is 23.8 Å². The summed E-state index contributed by atoms with van der Waals surface area (Å²) in [4.78, 5) is 41.2. The SMILES string of the molecule is Cc1cn(C2CC(OC(=O)c3ccccc3)C(COC(=O)c3ccccc3)O2)c(=O)nc1N. The summed E-state index contributed by atoms with van der Waals surface area (Å²) in [5.41, 5.74) is 6.51. The Morgan fingerprint density at radius 3 is 2.30 bits per heavy atom. The average molecular weight is 449 g/mol. The van der Waals surface area contributed by atoms with E-state index in [-0.39, 0.29) is 18.8 Å². The number of nitrogens with zero attached hydrogens (tertiary/aromatic N) is 2. The van der Waals surface area contributed by atoms with Gasteiger partial charge >= 0.3 is 17.6 Å². The number of aryl methyl sites for hydroxylation is 1. The maximum Gasteiger partial charge on any atom is 0.351 e. The van der Waals surface area contributed by atoms with E-state index in [0.717, 1.165) is 0 Å². The van der Waals surface area contributed by atoms with Crippen molar-refractivity contribution in [2.24, 2.45) is 0 Å². The van der Waals surface area contributed by atoms with Crippen LogP contribution in [0.25, 0.3) is 0 Å². The lowest BCUT2D eigenvalue weighted by Crippen LogP contribution is -2.32. The van der Waals surface area contributed by atoms with Crippen LogP contribution in [0.4, 0.5) is 5.82 Å². The minimum absolute atomic E-state index is 0.134. The number of ether oxygens (including phenoxy) is 3. The number of hydrogen-bond acceptors (Lipinski definition) is 8. The summed E-state index contributed by atoms with van der Waals surface area (Å²) < 4.78 is 18.4. The first-order valence-corrected chi connectivity index (χ1v) is 10.4. The van der Waals surface area contributed by atoms with Crippen molar-refractivity contribution in [1.29, 1.82) is 0 Å². The van der Waals surface area contributed by atoms with E-state index in [4.69, 9.17) is 19.9 Å². The van der Waals surface area contributed by atoms with E-state index in [1.807, 2.05) is 0 Å². The van der Waals surface area contributed by atoms with Crippen molar-refractivity contribution >= 4 is 17.8 Å². The summed E-state index contributed by atoms with van der Waals surface area (Å²) in [5.74, 6) is -0.934. The zero-order valence-electron chi connectivity index (χ0n) is 17.9. The van der Waals surface area contributed by atoms with Crippen LogP contribution in [0, 0.1) is 6.92 Å². The van der Waals surface area contributed by atoms with Crippen molar-refractivity contribution in [1.82, 2.24) is 9.55 Å². The Morgan fingerprint density at radius 2 is 1.67 bits per heavy atom. The van der Waals surface area contributed by atoms with E-state index in [1.165, 1.54) is 4.57 Å². The number of aromatic nitrogens is 2. The summed E-state index contributed by atoms with van der Waals surface area (Å²) in [7, 11) is 0. The number of carbonyl (C=O) groups excluding carboxylic acids is 2. The van der Waals surface area contributed by atoms with Gasteiger partial charge in [0.05, 0.1) is 11.1 Å². The van der Waals surface area contributed by atoms with Crippen molar-refractivity contribution in [3.63, 3.8) is 0 Å². The quantitative estimate of drug-likeness (QED) is 0.570. The highest BCUT2D eigenvalue weighted by atomic mass is 16.6. The normalized spacial score (nSPS) is 19.7. The predicted molar refractivity (Wildman–Crippen MR) is 119 cm³/mol. The van der Waals surface area contributed by atoms with Gasteiger partial charge in [0.1, 0.15) is 30.9 Å². The van der Waals surface area contributed by atoms with Crippen molar-refractivity contribution in [3.05, 3.63) is 94.0 Å². The first-order chi connectivity index (χ1) is 15.9. The monoisotopic (exact) mass is 449 g/mol. The Labute approximate surface area is 189 Å². The van der Waals surface area contributed by atoms with Gasteiger partial charge in [-0.15, -0.1) is 0 Å². The highest BCUT2D eigenvalue weighted by Crippen LogP contribution is 2.31. The Bertz CT molecular complexity index is 1200. The van der Waals surface area contributed by atoms with Gasteiger partial charge in [-0.2, -0.15) is 4.98 Å². The molecule has 4 rings (SSSR count). The van der Waals surface area contributed by atoms with Crippen LogP contribution in [-0.2, 0) is 14.2 Å². The zero-order valence-corrected chi connectivity index (χ0v) is 17.9. The van der Waals surface area contributed by atoms with Crippen LogP contribution < -0.4 is 11.4 Å². The molecular formula is C24H23N3O6. The molecule has 1 fully saturated rings. The summed E-state index contributed by atoms with van der Waals surface area (Å²) in [6.07, 6.45) is -0.574. The number of nitrogen functional groups attached to an aromatic ring is 1. The fraction of sp³-hybridized carbons (Fsp3) is 0.250. The van der Waals surface area contributed by atoms with Gasteiger partial charge in [0.25, 0.3) is 0 Å². The molecule has 2 N–H and O–H groups in total. The molecule has 0 amide bonds. The third kappa shape index (κ3) is 5.09. The van der Waals surface area contributed by atoms with E-state index >= 15 is 0 Å². The molecule has 1 aliphatic heterocycles. The number of anilines is 1. The van der Waals surface area contributed by atoms with Crippen LogP contribution in [0.1, 0.15) is 38.9 Å². The first-order valence-electron chi connectivity index (χ1n) is 10.4. The predicted octanol–water partition coefficient (Wildman–Crippen LogP) is 2.50. The smallest absolute Gasteiger partial charge is 0.351 e. The molecule has 1 saturated heterocycles. The number of carbonyl (C=O) groups is 2. The molecule has 3 aromatic rings. The second kappa shape index (κ2) is 9.66. The Hall–Kier alpha value is -3.98. The van der Waals surface area contributed by atoms with Gasteiger partial charge in [-0.1, -0.05) is 36.4 Å². The van der Waals surface area contributed by atoms with Crippen molar-refractivity contribution in [2.75, 3.05) is 12.3 Å². The maximum atomic E-state index is 12.6. The zero-order chi connectivity index (χ0) is 23.4. The fourth-order valence-corrected chi connectivity index (χ4v) is 3.53. The van der Waals surface area contributed by atoms with Gasteiger partial charge in [-0.3, -0.25) is 4.57 Å². The average Bonchev–Trinajstić information content (AvgIpc) is 3.23. The molecule has 0 spiro atoms. The molecule has 1 aliphatic rings. The Morgan fingerprint density at radius 1 is 1.06 bits per heavy atom. The largest absolute Gasteiger partial charge is 0.459 e. The number of hydrogen-bond donors (Lipinski definition) is 1. The highest BCUT2D eigenvalue weighted by Gasteiger charge is 2.40. The second-order valence-electron chi connectivity index (χ2n) is 7.64. The number of nitrogens with two attached hydrogens (primary N) is 1. The third-order valence-corrected chi connectivity index (χ3v) is 5.32. The van der Waals surface area contributed by atoms with E-state index in [0.29, 0.717) is 16.7 Å². The lowest BCUT2D eigenvalue weighted by Gasteiger charge is -2.19. The summed E-state index contributed by atoms with van der Waals surface area (Å²) in [6, 6.07) is 17.0. The van der Waals surface area contributed by atoms with Crippen molar-refractivity contribution in [3.8, 4) is 0 Å². The molecular weight excluding hydrogens is 426 g/mol. The van der Waals surface area contributed by atoms with Gasteiger partial charge < -0.3 is 19.9 Å². The minimum atomic E-state index is -0.778. The second-order valence-corrected chi connectivity index (χ2v) is 7.64. The van der Waals surface area contributed by atoms with Crippen LogP contribution in [-0.4, -0.2) is 40.3 Å². The molecule has 3 atom stereocenters. The highest BCUT2D eigenvalue weighted by molar-refractivity contribution is 5.90. The molecule has 2 aromatic carbocycles. The van der Waals surface area contributed by atoms with Crippen LogP contribution in [0.2, 0.25) is 0 Å². The minimum Gasteiger partial charge on any atom is -0.459 e. The molecule has 0 saturated carbocycles. The topological polar surface area (TPSA) is 123 Å². The Kier molecular flexibility index (Phi) is 6.50. The van der Waals surface area contributed by atoms with Gasteiger partial charge in [0.15, 0.2) is 0 Å². The standard InChI is InChI=1S/C24H23N3O6/c1-15-13-27(24(30)26-21(15)25)20-12-18(33-23(29)17-10-6-3-7-11-17)19(32-20)14-31-22(28)16-8-4-2-5-9-16/h2-11,13,18-20H,12,14H2,1H3,(H2,25,26,30). The molecule has 1 aromatic heterocycles. The summed E-state index contributed by atoms with van der Waals surface area (Å²) in [6.45, 7) is 1.56. The maximum absolute atomic E-state index is 12.6. The molecule has 2 heterocycles. The molecule has 3 unspecified atom stereocenters. The molecule has 0 aliphatic carbocycles. The van der Waals surface area contributed by atoms with E-state index in [9.17, 15) is 14.4 Å². The molecule has 9 heteroatoms. The number of benzene rings is 2. The van der Waals surface area contributed by atoms with Crippen molar-refractivity contribution in [2.45, 2.75) is 31.8 Å². The van der Waals surface area contributed by atoms with E-state index in [1.54, 1.807) is 73.8 Å². The van der Waals surface area contributed by atoms with Gasteiger partial charge in [-0.25, -0.2) is 14.4 Å². The summed E-state index contributed by atoms with van der Waals surface area (Å²) in [5, 5.41) is 0. The summed E-state index contributed by atoms with van der Waals surface area (Å²) >= 11 is 0. The lowest BCUT2D eigenvalue weighted by molar-refractivity contribution is -0.0582. The molecule has 170 valence electrons. The number of esters is 2. The van der Waals surface area contributed by atoms with E-state index < -0.39 is 36.1 Å². The fourth-order valence-electron chi connectivity index (χ4n) is 3.53. The third-order valence-electron chi connectivity index (χ3n) is 5.32. The van der Waals surface area contributed by atoms with E-state index in [2.05, 4.69) is 4.98 Å². The Balaban J connectivity index is 1.53. The van der Waals surface area contributed by atoms with Gasteiger partial charge in [0.2, 0.25) is 0 Å². The van der Waals surface area contributed by atoms with Gasteiger partial charge in [0, 0.05) is 18.2 Å². The van der Waals surface area contributed by atoms with Crippen LogP contribution in [0.3, 0.4) is 0 Å². The molecule has 33 heavy (non-hydrogen) atoms. The first kappa shape index (κ1) is 22.2. The van der Waals surface area contributed by atoms with Crippen LogP contribution in [0.15, 0.2) is 71.7 Å². The van der Waals surface area contributed by atoms with Gasteiger partial charge in [-0.05, 0) is 31.2 Å². The molecule has 0 radical (unpaired) electrons. The molecule has 0 bridgehead atoms. The number of rotatable bonds is 6. The molecule has 9 nitrogen and oxygen atoms in total. The van der Waals surface area contributed by atoms with Crippen LogP contribution >= 0.6 is 0 Å². The van der Waals surface area contributed by atoms with Crippen LogP contribution in [0.5, 0.6) is 0 Å². The lowest BCUT2D eigenvalue weighted by atomic mass is 10.1.